The molecule has 3 heteroatoms. The van der Waals surface area contributed by atoms with Crippen LogP contribution in [0, 0.1) is 5.41 Å². The molecule has 0 heterocycles. The maximum atomic E-state index is 10.8. The maximum absolute atomic E-state index is 10.8. The SMILES string of the molecule is N=C(c1ccccc1)c1cccc(C(=O)O)c1. The van der Waals surface area contributed by atoms with Gasteiger partial charge in [-0.2, -0.15) is 0 Å². The van der Waals surface area contributed by atoms with Crippen molar-refractivity contribution in [1.82, 2.24) is 0 Å². The summed E-state index contributed by atoms with van der Waals surface area (Å²) in [4.78, 5) is 10.8. The van der Waals surface area contributed by atoms with Crippen molar-refractivity contribution in [2.75, 3.05) is 0 Å². The second kappa shape index (κ2) is 4.61. The van der Waals surface area contributed by atoms with Crippen molar-refractivity contribution in [3.05, 3.63) is 71.3 Å². The fourth-order valence-corrected chi connectivity index (χ4v) is 1.58. The summed E-state index contributed by atoms with van der Waals surface area (Å²) in [6.45, 7) is 0. The van der Waals surface area contributed by atoms with Crippen molar-refractivity contribution in [1.29, 1.82) is 5.41 Å². The standard InChI is InChI=1S/C14H11NO2/c15-13(10-5-2-1-3-6-10)11-7-4-8-12(9-11)14(16)17/h1-9,15H,(H,16,17). The first-order valence-corrected chi connectivity index (χ1v) is 5.16. The highest BCUT2D eigenvalue weighted by Crippen LogP contribution is 2.11. The van der Waals surface area contributed by atoms with Gasteiger partial charge in [0.25, 0.3) is 0 Å². The zero-order valence-corrected chi connectivity index (χ0v) is 9.05. The monoisotopic (exact) mass is 225 g/mol. The summed E-state index contributed by atoms with van der Waals surface area (Å²) < 4.78 is 0. The summed E-state index contributed by atoms with van der Waals surface area (Å²) in [7, 11) is 0. The van der Waals surface area contributed by atoms with Crippen molar-refractivity contribution in [2.45, 2.75) is 0 Å². The molecule has 2 rings (SSSR count). The molecular formula is C14H11NO2. The number of nitrogens with one attached hydrogen (secondary N) is 1. The lowest BCUT2D eigenvalue weighted by Crippen LogP contribution is -2.04. The summed E-state index contributed by atoms with van der Waals surface area (Å²) in [6.07, 6.45) is 0. The number of carboxylic acid groups (broad SMARTS) is 1. The molecule has 0 unspecified atom stereocenters. The molecule has 84 valence electrons. The molecular weight excluding hydrogens is 214 g/mol. The third-order valence-electron chi connectivity index (χ3n) is 2.46. The Kier molecular flexibility index (Phi) is 3.01. The summed E-state index contributed by atoms with van der Waals surface area (Å²) in [6, 6.07) is 15.7. The minimum atomic E-state index is -0.979. The van der Waals surface area contributed by atoms with Crippen molar-refractivity contribution in [2.24, 2.45) is 0 Å². The van der Waals surface area contributed by atoms with Gasteiger partial charge in [-0.3, -0.25) is 5.41 Å². The first-order valence-electron chi connectivity index (χ1n) is 5.16. The second-order valence-corrected chi connectivity index (χ2v) is 3.63. The van der Waals surface area contributed by atoms with Crippen LogP contribution in [-0.4, -0.2) is 16.8 Å². The third-order valence-corrected chi connectivity index (χ3v) is 2.46. The third kappa shape index (κ3) is 2.39. The fourth-order valence-electron chi connectivity index (χ4n) is 1.58. The average molecular weight is 225 g/mol. The van der Waals surface area contributed by atoms with Crippen LogP contribution < -0.4 is 0 Å². The van der Waals surface area contributed by atoms with Crippen LogP contribution in [0.4, 0.5) is 0 Å². The molecule has 2 aromatic rings. The Labute approximate surface area is 98.9 Å². The number of carbonyl (C=O) groups is 1. The number of hydrogen-bond donors (Lipinski definition) is 2. The predicted octanol–water partition coefficient (Wildman–Crippen LogP) is 2.80. The Morgan fingerprint density at radius 3 is 2.12 bits per heavy atom. The van der Waals surface area contributed by atoms with Crippen molar-refractivity contribution < 1.29 is 9.90 Å². The summed E-state index contributed by atoms with van der Waals surface area (Å²) >= 11 is 0. The second-order valence-electron chi connectivity index (χ2n) is 3.63. The van der Waals surface area contributed by atoms with E-state index in [9.17, 15) is 4.79 Å². The quantitative estimate of drug-likeness (QED) is 0.789. The van der Waals surface area contributed by atoms with E-state index in [4.69, 9.17) is 10.5 Å². The molecule has 2 aromatic carbocycles. The van der Waals surface area contributed by atoms with Crippen LogP contribution in [0.15, 0.2) is 54.6 Å². The molecule has 0 bridgehead atoms. The first-order chi connectivity index (χ1) is 8.18. The van der Waals surface area contributed by atoms with Gasteiger partial charge in [-0.15, -0.1) is 0 Å². The van der Waals surface area contributed by atoms with E-state index in [0.29, 0.717) is 11.3 Å². The first kappa shape index (κ1) is 11.1. The Hall–Kier alpha value is -2.42. The van der Waals surface area contributed by atoms with Crippen molar-refractivity contribution in [3.63, 3.8) is 0 Å². The molecule has 0 amide bonds. The molecule has 0 radical (unpaired) electrons. The molecule has 17 heavy (non-hydrogen) atoms. The van der Waals surface area contributed by atoms with Gasteiger partial charge in [0.2, 0.25) is 0 Å². The van der Waals surface area contributed by atoms with Gasteiger partial charge in [0.05, 0.1) is 11.3 Å². The topological polar surface area (TPSA) is 61.2 Å². The molecule has 2 N–H and O–H groups in total. The van der Waals surface area contributed by atoms with E-state index in [1.54, 1.807) is 12.1 Å². The van der Waals surface area contributed by atoms with Gasteiger partial charge in [-0.1, -0.05) is 42.5 Å². The highest BCUT2D eigenvalue weighted by molar-refractivity contribution is 6.11. The van der Waals surface area contributed by atoms with Gasteiger partial charge in [-0.25, -0.2) is 4.79 Å². The summed E-state index contributed by atoms with van der Waals surface area (Å²) in [5.74, 6) is -0.979. The Balaban J connectivity index is 2.38. The Morgan fingerprint density at radius 1 is 0.882 bits per heavy atom. The van der Waals surface area contributed by atoms with E-state index in [1.165, 1.54) is 12.1 Å². The Morgan fingerprint density at radius 2 is 1.47 bits per heavy atom. The molecule has 0 spiro atoms. The van der Waals surface area contributed by atoms with E-state index < -0.39 is 5.97 Å². The zero-order valence-electron chi connectivity index (χ0n) is 9.05. The fraction of sp³-hybridized carbons (Fsp3) is 0. The highest BCUT2D eigenvalue weighted by atomic mass is 16.4. The van der Waals surface area contributed by atoms with E-state index in [-0.39, 0.29) is 5.56 Å². The van der Waals surface area contributed by atoms with Crippen LogP contribution in [0.1, 0.15) is 21.5 Å². The lowest BCUT2D eigenvalue weighted by Gasteiger charge is -2.05. The van der Waals surface area contributed by atoms with Gasteiger partial charge in [0.1, 0.15) is 0 Å². The van der Waals surface area contributed by atoms with Crippen molar-refractivity contribution >= 4 is 11.7 Å². The molecule has 0 aromatic heterocycles. The number of benzene rings is 2. The van der Waals surface area contributed by atoms with E-state index >= 15 is 0 Å². The molecule has 0 saturated heterocycles. The van der Waals surface area contributed by atoms with Gasteiger partial charge >= 0.3 is 5.97 Å². The van der Waals surface area contributed by atoms with E-state index in [2.05, 4.69) is 0 Å². The van der Waals surface area contributed by atoms with Crippen LogP contribution >= 0.6 is 0 Å². The number of rotatable bonds is 3. The predicted molar refractivity (Wildman–Crippen MR) is 65.8 cm³/mol. The zero-order chi connectivity index (χ0) is 12.3. The minimum Gasteiger partial charge on any atom is -0.478 e. The van der Waals surface area contributed by atoms with Crippen LogP contribution in [-0.2, 0) is 0 Å². The van der Waals surface area contributed by atoms with Crippen LogP contribution in [0.3, 0.4) is 0 Å². The maximum Gasteiger partial charge on any atom is 0.335 e. The van der Waals surface area contributed by atoms with Crippen LogP contribution in [0.2, 0.25) is 0 Å². The van der Waals surface area contributed by atoms with Gasteiger partial charge in [0.15, 0.2) is 0 Å². The molecule has 0 atom stereocenters. The molecule has 0 fully saturated rings. The van der Waals surface area contributed by atoms with Gasteiger partial charge in [-0.05, 0) is 17.7 Å². The van der Waals surface area contributed by atoms with E-state index in [1.807, 2.05) is 30.3 Å². The van der Waals surface area contributed by atoms with Gasteiger partial charge < -0.3 is 5.11 Å². The summed E-state index contributed by atoms with van der Waals surface area (Å²) in [5.41, 5.74) is 1.91. The lowest BCUT2D eigenvalue weighted by molar-refractivity contribution is 0.0697. The molecule has 3 nitrogen and oxygen atoms in total. The smallest absolute Gasteiger partial charge is 0.335 e. The van der Waals surface area contributed by atoms with E-state index in [0.717, 1.165) is 5.56 Å². The highest BCUT2D eigenvalue weighted by Gasteiger charge is 2.07. The van der Waals surface area contributed by atoms with Crippen LogP contribution in [0.25, 0.3) is 0 Å². The normalized spacial score (nSPS) is 9.88. The number of carboxylic acids is 1. The largest absolute Gasteiger partial charge is 0.478 e. The molecule has 0 aliphatic heterocycles. The van der Waals surface area contributed by atoms with Gasteiger partial charge in [0, 0.05) is 5.56 Å². The summed E-state index contributed by atoms with van der Waals surface area (Å²) in [5, 5.41) is 16.9. The molecule has 0 aliphatic carbocycles. The molecule has 0 aliphatic rings. The minimum absolute atomic E-state index is 0.197. The molecule has 0 saturated carbocycles. The average Bonchev–Trinajstić information content (AvgIpc) is 2.39. The van der Waals surface area contributed by atoms with Crippen molar-refractivity contribution in [3.8, 4) is 0 Å². The lowest BCUT2D eigenvalue weighted by atomic mass is 10.0. The van der Waals surface area contributed by atoms with Crippen LogP contribution in [0.5, 0.6) is 0 Å². The number of hydrogen-bond acceptors (Lipinski definition) is 2. The Bertz CT molecular complexity index is 561. The number of aromatic carboxylic acids is 1.